The summed E-state index contributed by atoms with van der Waals surface area (Å²) in [5, 5.41) is 13.2. The average molecular weight is 330 g/mol. The molecule has 1 aromatic heterocycles. The van der Waals surface area contributed by atoms with Gasteiger partial charge in [-0.25, -0.2) is 9.97 Å². The fourth-order valence-electron chi connectivity index (χ4n) is 5.07. The van der Waals surface area contributed by atoms with Crippen LogP contribution in [0.1, 0.15) is 56.6 Å². The van der Waals surface area contributed by atoms with Crippen LogP contribution in [-0.2, 0) is 0 Å². The molecule has 1 atom stereocenters. The van der Waals surface area contributed by atoms with Crippen molar-refractivity contribution in [3.63, 3.8) is 0 Å². The molecule has 4 rings (SSSR count). The first-order valence-electron chi connectivity index (χ1n) is 9.70. The summed E-state index contributed by atoms with van der Waals surface area (Å²) in [4.78, 5) is 11.8. The Hall–Kier alpha value is -1.20. The van der Waals surface area contributed by atoms with E-state index < -0.39 is 0 Å². The van der Waals surface area contributed by atoms with Gasteiger partial charge in [0.2, 0.25) is 5.95 Å². The third-order valence-corrected chi connectivity index (χ3v) is 6.76. The van der Waals surface area contributed by atoms with Crippen molar-refractivity contribution in [1.82, 2.24) is 15.3 Å². The highest BCUT2D eigenvalue weighted by atomic mass is 16.3. The van der Waals surface area contributed by atoms with Gasteiger partial charge < -0.3 is 15.3 Å². The number of aromatic nitrogens is 2. The maximum absolute atomic E-state index is 9.77. The van der Waals surface area contributed by atoms with Crippen LogP contribution in [0.5, 0.6) is 0 Å². The highest BCUT2D eigenvalue weighted by Gasteiger charge is 2.42. The Balaban J connectivity index is 1.45. The Morgan fingerprint density at radius 1 is 1.21 bits per heavy atom. The molecule has 0 amide bonds. The molecular formula is C19H30N4O. The van der Waals surface area contributed by atoms with Gasteiger partial charge in [-0.1, -0.05) is 12.8 Å². The van der Waals surface area contributed by atoms with Gasteiger partial charge in [-0.3, -0.25) is 0 Å². The molecule has 0 aromatic carbocycles. The van der Waals surface area contributed by atoms with E-state index >= 15 is 0 Å². The summed E-state index contributed by atoms with van der Waals surface area (Å²) in [5.74, 6) is 1.97. The summed E-state index contributed by atoms with van der Waals surface area (Å²) in [7, 11) is 0. The molecule has 1 aliphatic carbocycles. The van der Waals surface area contributed by atoms with Crippen LogP contribution in [0, 0.1) is 11.3 Å². The second-order valence-corrected chi connectivity index (χ2v) is 7.95. The fraction of sp³-hybridized carbons (Fsp3) is 0.789. The predicted molar refractivity (Wildman–Crippen MR) is 95.2 cm³/mol. The first kappa shape index (κ1) is 16.3. The second kappa shape index (κ2) is 6.96. The van der Waals surface area contributed by atoms with E-state index in [1.165, 1.54) is 37.8 Å². The Kier molecular flexibility index (Phi) is 4.72. The van der Waals surface area contributed by atoms with Crippen LogP contribution in [0.25, 0.3) is 0 Å². The molecule has 2 aliphatic heterocycles. The summed E-state index contributed by atoms with van der Waals surface area (Å²) in [5.41, 5.74) is 1.56. The predicted octanol–water partition coefficient (Wildman–Crippen LogP) is 2.32. The lowest BCUT2D eigenvalue weighted by Gasteiger charge is -2.49. The summed E-state index contributed by atoms with van der Waals surface area (Å²) in [6.07, 6.45) is 10.7. The van der Waals surface area contributed by atoms with Crippen molar-refractivity contribution >= 4 is 5.95 Å². The van der Waals surface area contributed by atoms with Gasteiger partial charge in [-0.2, -0.15) is 0 Å². The van der Waals surface area contributed by atoms with E-state index in [9.17, 15) is 5.11 Å². The molecule has 5 nitrogen and oxygen atoms in total. The first-order chi connectivity index (χ1) is 11.8. The molecule has 1 unspecified atom stereocenters. The molecule has 1 saturated carbocycles. The SMILES string of the molecule is OCC1CNCCC12CCN(c1nccc(C3CCCC3)n1)CC2. The molecule has 24 heavy (non-hydrogen) atoms. The molecule has 5 heteroatoms. The minimum atomic E-state index is 0.306. The number of rotatable bonds is 3. The van der Waals surface area contributed by atoms with Gasteiger partial charge >= 0.3 is 0 Å². The third-order valence-electron chi connectivity index (χ3n) is 6.76. The standard InChI is InChI=1S/C19H30N4O/c24-14-16-13-20-10-6-19(16)7-11-23(12-8-19)18-21-9-5-17(22-18)15-3-1-2-4-15/h5,9,15-16,20,24H,1-4,6-8,10-14H2. The van der Waals surface area contributed by atoms with Gasteiger partial charge in [0.25, 0.3) is 0 Å². The zero-order chi connectivity index (χ0) is 16.4. The average Bonchev–Trinajstić information content (AvgIpc) is 3.18. The zero-order valence-electron chi connectivity index (χ0n) is 14.6. The maximum Gasteiger partial charge on any atom is 0.225 e. The Bertz CT molecular complexity index is 550. The molecule has 2 N–H and O–H groups in total. The van der Waals surface area contributed by atoms with Gasteiger partial charge in [-0.05, 0) is 50.1 Å². The van der Waals surface area contributed by atoms with Crippen molar-refractivity contribution in [1.29, 1.82) is 0 Å². The van der Waals surface area contributed by atoms with E-state index in [2.05, 4.69) is 21.3 Å². The molecule has 132 valence electrons. The monoisotopic (exact) mass is 330 g/mol. The highest BCUT2D eigenvalue weighted by Crippen LogP contribution is 2.44. The largest absolute Gasteiger partial charge is 0.396 e. The molecule has 0 bridgehead atoms. The van der Waals surface area contributed by atoms with E-state index in [4.69, 9.17) is 4.98 Å². The van der Waals surface area contributed by atoms with Gasteiger partial charge in [-0.15, -0.1) is 0 Å². The van der Waals surface area contributed by atoms with Crippen molar-refractivity contribution in [3.05, 3.63) is 18.0 Å². The molecule has 1 aromatic rings. The Morgan fingerprint density at radius 3 is 2.75 bits per heavy atom. The lowest BCUT2D eigenvalue weighted by molar-refractivity contribution is 0.0325. The Morgan fingerprint density at radius 2 is 2.00 bits per heavy atom. The number of nitrogens with zero attached hydrogens (tertiary/aromatic N) is 3. The number of aliphatic hydroxyl groups is 1. The quantitative estimate of drug-likeness (QED) is 0.891. The molecule has 1 spiro atoms. The zero-order valence-corrected chi connectivity index (χ0v) is 14.6. The summed E-state index contributed by atoms with van der Waals surface area (Å²) < 4.78 is 0. The normalized spacial score (nSPS) is 27.7. The van der Waals surface area contributed by atoms with Crippen molar-refractivity contribution in [2.75, 3.05) is 37.7 Å². The molecule has 0 radical (unpaired) electrons. The molecule has 3 fully saturated rings. The van der Waals surface area contributed by atoms with E-state index in [0.717, 1.165) is 45.0 Å². The van der Waals surface area contributed by atoms with Gasteiger partial charge in [0.05, 0.1) is 0 Å². The summed E-state index contributed by atoms with van der Waals surface area (Å²) in [6.45, 7) is 4.39. The van der Waals surface area contributed by atoms with Gasteiger partial charge in [0, 0.05) is 50.0 Å². The number of aliphatic hydroxyl groups excluding tert-OH is 1. The van der Waals surface area contributed by atoms with Gasteiger partial charge in [0.1, 0.15) is 0 Å². The van der Waals surface area contributed by atoms with Crippen LogP contribution in [0.3, 0.4) is 0 Å². The van der Waals surface area contributed by atoms with Crippen LogP contribution in [0.4, 0.5) is 5.95 Å². The molecule has 2 saturated heterocycles. The minimum Gasteiger partial charge on any atom is -0.396 e. The number of anilines is 1. The van der Waals surface area contributed by atoms with Crippen molar-refractivity contribution in [2.24, 2.45) is 11.3 Å². The number of nitrogens with one attached hydrogen (secondary N) is 1. The van der Waals surface area contributed by atoms with E-state index in [1.54, 1.807) is 0 Å². The topological polar surface area (TPSA) is 61.3 Å². The van der Waals surface area contributed by atoms with E-state index in [-0.39, 0.29) is 0 Å². The second-order valence-electron chi connectivity index (χ2n) is 7.95. The lowest BCUT2D eigenvalue weighted by atomic mass is 9.65. The van der Waals surface area contributed by atoms with Crippen molar-refractivity contribution in [2.45, 2.75) is 50.9 Å². The van der Waals surface area contributed by atoms with Crippen molar-refractivity contribution in [3.8, 4) is 0 Å². The first-order valence-corrected chi connectivity index (χ1v) is 9.70. The maximum atomic E-state index is 9.77. The van der Waals surface area contributed by atoms with E-state index in [1.807, 2.05) is 6.20 Å². The highest BCUT2D eigenvalue weighted by molar-refractivity contribution is 5.32. The lowest BCUT2D eigenvalue weighted by Crippen LogP contribution is -2.52. The third kappa shape index (κ3) is 3.04. The Labute approximate surface area is 144 Å². The summed E-state index contributed by atoms with van der Waals surface area (Å²) >= 11 is 0. The van der Waals surface area contributed by atoms with Crippen LogP contribution < -0.4 is 10.2 Å². The van der Waals surface area contributed by atoms with E-state index in [0.29, 0.717) is 23.9 Å². The van der Waals surface area contributed by atoms with Crippen LogP contribution >= 0.6 is 0 Å². The van der Waals surface area contributed by atoms with Crippen molar-refractivity contribution < 1.29 is 5.11 Å². The van der Waals surface area contributed by atoms with Crippen LogP contribution in [0.15, 0.2) is 12.3 Å². The van der Waals surface area contributed by atoms with Gasteiger partial charge in [0.15, 0.2) is 0 Å². The van der Waals surface area contributed by atoms with Crippen LogP contribution in [-0.4, -0.2) is 47.9 Å². The summed E-state index contributed by atoms with van der Waals surface area (Å²) in [6, 6.07) is 2.11. The number of hydrogen-bond acceptors (Lipinski definition) is 5. The molecule has 3 aliphatic rings. The molecule has 3 heterocycles. The smallest absolute Gasteiger partial charge is 0.225 e. The molecular weight excluding hydrogens is 300 g/mol. The number of piperidine rings is 2. The minimum absolute atomic E-state index is 0.306. The van der Waals surface area contributed by atoms with Crippen LogP contribution in [0.2, 0.25) is 0 Å². The fourth-order valence-corrected chi connectivity index (χ4v) is 5.07. The number of hydrogen-bond donors (Lipinski definition) is 2.